The normalized spacial score (nSPS) is 15.6. The zero-order valence-corrected chi connectivity index (χ0v) is 21.4. The van der Waals surface area contributed by atoms with Crippen LogP contribution < -0.4 is 0 Å². The first-order valence-electron chi connectivity index (χ1n) is 10.7. The van der Waals surface area contributed by atoms with Gasteiger partial charge in [-0.2, -0.15) is 0 Å². The van der Waals surface area contributed by atoms with E-state index in [9.17, 15) is 19.2 Å². The van der Waals surface area contributed by atoms with Gasteiger partial charge in [0.2, 0.25) is 0 Å². The van der Waals surface area contributed by atoms with Crippen LogP contribution in [0.4, 0.5) is 0 Å². The summed E-state index contributed by atoms with van der Waals surface area (Å²) in [6.07, 6.45) is 0. The molecule has 5 aromatic rings. The van der Waals surface area contributed by atoms with Crippen molar-refractivity contribution in [3.63, 3.8) is 0 Å². The van der Waals surface area contributed by atoms with Crippen LogP contribution in [-0.2, 0) is 0 Å². The van der Waals surface area contributed by atoms with E-state index in [1.807, 2.05) is 0 Å². The molecule has 36 heavy (non-hydrogen) atoms. The van der Waals surface area contributed by atoms with Gasteiger partial charge in [0.25, 0.3) is 23.6 Å². The minimum absolute atomic E-state index is 0.207. The molecular weight excluding hydrogens is 546 g/mol. The van der Waals surface area contributed by atoms with Crippen molar-refractivity contribution in [1.29, 1.82) is 0 Å². The number of hydrogen-bond acceptors (Lipinski definition) is 4. The highest BCUT2D eigenvalue weighted by molar-refractivity contribution is 6.56. The Morgan fingerprint density at radius 1 is 0.417 bits per heavy atom. The number of halogens is 4. The number of carbonyl (C=O) groups is 4. The minimum atomic E-state index is -0.498. The first-order chi connectivity index (χ1) is 17.0. The predicted octanol–water partition coefficient (Wildman–Crippen LogP) is 6.80. The molecule has 0 saturated carbocycles. The van der Waals surface area contributed by atoms with Gasteiger partial charge in [-0.3, -0.25) is 29.0 Å². The number of rotatable bonds is 0. The van der Waals surface area contributed by atoms with Crippen LogP contribution in [0, 0.1) is 0 Å². The second-order valence-electron chi connectivity index (χ2n) is 8.96. The van der Waals surface area contributed by atoms with Crippen molar-refractivity contribution in [1.82, 2.24) is 9.80 Å². The molecule has 0 fully saturated rings. The Labute approximate surface area is 222 Å². The standard InChI is InChI=1S/C26H10Cl4N2O4/c1-31-23(33)7-3-11(27)17-19-13(29)5-9-16-10(26(36)32(2)25(9)35)6-14(30)20(22(16)19)18-12(28)4-8(24(31)34)15(7)21(17)18/h3-6H,1-2H3. The minimum Gasteiger partial charge on any atom is -0.277 e. The van der Waals surface area contributed by atoms with Crippen LogP contribution >= 0.6 is 46.4 Å². The highest BCUT2D eigenvalue weighted by Gasteiger charge is 2.37. The molecule has 5 aromatic carbocycles. The summed E-state index contributed by atoms with van der Waals surface area (Å²) in [5.41, 5.74) is 1.01. The third-order valence-electron chi connectivity index (χ3n) is 7.26. The van der Waals surface area contributed by atoms with E-state index in [2.05, 4.69) is 0 Å². The topological polar surface area (TPSA) is 74.8 Å². The van der Waals surface area contributed by atoms with Crippen LogP contribution in [0.5, 0.6) is 0 Å². The van der Waals surface area contributed by atoms with Gasteiger partial charge in [-0.05, 0) is 24.3 Å². The fourth-order valence-corrected chi connectivity index (χ4v) is 6.89. The Morgan fingerprint density at radius 2 is 0.639 bits per heavy atom. The quantitative estimate of drug-likeness (QED) is 0.120. The van der Waals surface area contributed by atoms with Crippen LogP contribution in [0.15, 0.2) is 24.3 Å². The lowest BCUT2D eigenvalue weighted by molar-refractivity contribution is 0.0635. The molecule has 7 rings (SSSR count). The Hall–Kier alpha value is -3.16. The number of benzene rings is 5. The average molecular weight is 556 g/mol. The fourth-order valence-electron chi connectivity index (χ4n) is 5.70. The molecule has 176 valence electrons. The maximum absolute atomic E-state index is 13.1. The highest BCUT2D eigenvalue weighted by atomic mass is 35.5. The van der Waals surface area contributed by atoms with Gasteiger partial charge >= 0.3 is 0 Å². The van der Waals surface area contributed by atoms with Crippen LogP contribution in [0.3, 0.4) is 0 Å². The third kappa shape index (κ3) is 2.32. The van der Waals surface area contributed by atoms with Crippen molar-refractivity contribution in [3.05, 3.63) is 66.6 Å². The third-order valence-corrected chi connectivity index (χ3v) is 8.45. The van der Waals surface area contributed by atoms with Gasteiger partial charge in [0.05, 0.1) is 22.3 Å². The molecule has 10 heteroatoms. The monoisotopic (exact) mass is 554 g/mol. The van der Waals surface area contributed by atoms with E-state index in [1.54, 1.807) is 0 Å². The first-order valence-corrected chi connectivity index (χ1v) is 12.2. The van der Waals surface area contributed by atoms with Crippen LogP contribution in [0.1, 0.15) is 41.4 Å². The number of carbonyl (C=O) groups excluding carboxylic acids is 4. The van der Waals surface area contributed by atoms with Crippen LogP contribution in [0.2, 0.25) is 20.1 Å². The van der Waals surface area contributed by atoms with Crippen molar-refractivity contribution in [2.45, 2.75) is 0 Å². The van der Waals surface area contributed by atoms with E-state index in [1.165, 1.54) is 38.4 Å². The number of imide groups is 2. The largest absolute Gasteiger partial charge is 0.277 e. The number of amides is 4. The van der Waals surface area contributed by atoms with Crippen LogP contribution in [0.25, 0.3) is 43.1 Å². The van der Waals surface area contributed by atoms with E-state index in [4.69, 9.17) is 46.4 Å². The first kappa shape index (κ1) is 22.1. The van der Waals surface area contributed by atoms with Gasteiger partial charge in [-0.15, -0.1) is 0 Å². The highest BCUT2D eigenvalue weighted by Crippen LogP contribution is 2.53. The average Bonchev–Trinajstić information content (AvgIpc) is 2.84. The smallest absolute Gasteiger partial charge is 0.261 e. The maximum Gasteiger partial charge on any atom is 0.261 e. The number of hydrogen-bond donors (Lipinski definition) is 0. The van der Waals surface area contributed by atoms with Crippen LogP contribution in [-0.4, -0.2) is 47.5 Å². The van der Waals surface area contributed by atoms with Gasteiger partial charge in [-0.1, -0.05) is 46.4 Å². The molecule has 2 aliphatic rings. The van der Waals surface area contributed by atoms with E-state index >= 15 is 0 Å². The number of nitrogens with zero attached hydrogens (tertiary/aromatic N) is 2. The Bertz CT molecular complexity index is 1720. The summed E-state index contributed by atoms with van der Waals surface area (Å²) in [5, 5.41) is 4.39. The summed E-state index contributed by atoms with van der Waals surface area (Å²) in [6, 6.07) is 6.03. The molecule has 4 amide bonds. The lowest BCUT2D eigenvalue weighted by Crippen LogP contribution is -2.37. The van der Waals surface area contributed by atoms with Gasteiger partial charge < -0.3 is 0 Å². The molecule has 6 nitrogen and oxygen atoms in total. The molecule has 2 heterocycles. The van der Waals surface area contributed by atoms with Crippen molar-refractivity contribution in [3.8, 4) is 0 Å². The number of fused-ring (bicyclic) bond motifs is 2. The van der Waals surface area contributed by atoms with Gasteiger partial charge in [-0.25, -0.2) is 0 Å². The molecule has 0 spiro atoms. The Morgan fingerprint density at radius 3 is 0.861 bits per heavy atom. The second-order valence-corrected chi connectivity index (χ2v) is 10.6. The zero-order chi connectivity index (χ0) is 25.5. The van der Waals surface area contributed by atoms with E-state index in [0.717, 1.165) is 9.80 Å². The Balaban J connectivity index is 1.89. The molecule has 0 saturated heterocycles. The SMILES string of the molecule is CN1C(=O)c2cc(Cl)c3c4c(Cl)cc5c6c(cc(Cl)c(c7c(Cl)cc(c2c37)C1=O)c64)C(=O)N(C)C5=O. The molecule has 0 atom stereocenters. The molecular formula is C26H10Cl4N2O4. The molecule has 0 N–H and O–H groups in total. The summed E-state index contributed by atoms with van der Waals surface area (Å²) >= 11 is 27.2. The molecule has 0 aromatic heterocycles. The predicted molar refractivity (Wildman–Crippen MR) is 141 cm³/mol. The second kappa shape index (κ2) is 6.78. The van der Waals surface area contributed by atoms with Gasteiger partial charge in [0, 0.05) is 77.3 Å². The van der Waals surface area contributed by atoms with Crippen molar-refractivity contribution < 1.29 is 19.2 Å². The summed E-state index contributed by atoms with van der Waals surface area (Å²) in [5.74, 6) is -1.99. The molecule has 2 aliphatic heterocycles. The molecule has 0 aliphatic carbocycles. The van der Waals surface area contributed by atoms with Gasteiger partial charge in [0.1, 0.15) is 0 Å². The van der Waals surface area contributed by atoms with Crippen molar-refractivity contribution in [2.24, 2.45) is 0 Å². The lowest BCUT2D eigenvalue weighted by Gasteiger charge is -2.29. The summed E-state index contributed by atoms with van der Waals surface area (Å²) in [4.78, 5) is 54.3. The molecule has 0 radical (unpaired) electrons. The fraction of sp³-hybridized carbons (Fsp3) is 0.0769. The summed E-state index contributed by atoms with van der Waals surface area (Å²) in [7, 11) is 2.79. The molecule has 0 bridgehead atoms. The van der Waals surface area contributed by atoms with Crippen molar-refractivity contribution >= 4 is 113 Å². The summed E-state index contributed by atoms with van der Waals surface area (Å²) < 4.78 is 0. The summed E-state index contributed by atoms with van der Waals surface area (Å²) in [6.45, 7) is 0. The van der Waals surface area contributed by atoms with Crippen molar-refractivity contribution in [2.75, 3.05) is 14.1 Å². The molecule has 0 unspecified atom stereocenters. The van der Waals surface area contributed by atoms with E-state index in [-0.39, 0.29) is 42.3 Å². The lowest BCUT2D eigenvalue weighted by atomic mass is 9.82. The Kier molecular flexibility index (Phi) is 4.16. The van der Waals surface area contributed by atoms with E-state index < -0.39 is 23.6 Å². The maximum atomic E-state index is 13.1. The van der Waals surface area contributed by atoms with E-state index in [0.29, 0.717) is 43.1 Å². The van der Waals surface area contributed by atoms with Gasteiger partial charge in [0.15, 0.2) is 0 Å². The zero-order valence-electron chi connectivity index (χ0n) is 18.3.